The van der Waals surface area contributed by atoms with Crippen LogP contribution in [0.4, 0.5) is 5.69 Å². The molecule has 1 aromatic carbocycles. The highest BCUT2D eigenvalue weighted by Crippen LogP contribution is 2.32. The van der Waals surface area contributed by atoms with Crippen LogP contribution in [0.25, 0.3) is 0 Å². The summed E-state index contributed by atoms with van der Waals surface area (Å²) in [5.74, 6) is -0.761. The largest absolute Gasteiger partial charge is 0.478 e. The van der Waals surface area contributed by atoms with Gasteiger partial charge in [0.25, 0.3) is 0 Å². The Hall–Kier alpha value is -0.880. The number of aromatic carboxylic acids is 1. The van der Waals surface area contributed by atoms with Crippen molar-refractivity contribution in [3.63, 3.8) is 0 Å². The van der Waals surface area contributed by atoms with Crippen molar-refractivity contribution in [1.29, 1.82) is 0 Å². The number of anilines is 1. The Morgan fingerprint density at radius 2 is 1.90 bits per heavy atom. The third-order valence-corrected chi connectivity index (χ3v) is 4.58. The summed E-state index contributed by atoms with van der Waals surface area (Å²) in [6.45, 7) is 0. The van der Waals surface area contributed by atoms with E-state index in [1.54, 1.807) is 6.07 Å². The van der Waals surface area contributed by atoms with Crippen LogP contribution in [0.5, 0.6) is 0 Å². The van der Waals surface area contributed by atoms with Gasteiger partial charge < -0.3 is 10.4 Å². The monoisotopic (exact) mass is 403 g/mol. The first-order chi connectivity index (χ1) is 9.47. The predicted molar refractivity (Wildman–Crippen MR) is 84.0 cm³/mol. The van der Waals surface area contributed by atoms with Gasteiger partial charge in [-0.05, 0) is 46.8 Å². The fourth-order valence-electron chi connectivity index (χ4n) is 2.54. The van der Waals surface area contributed by atoms with Crippen molar-refractivity contribution in [3.05, 3.63) is 26.6 Å². The minimum absolute atomic E-state index is 0.0750. The number of amides is 1. The maximum absolute atomic E-state index is 12.0. The molecule has 0 heterocycles. The second kappa shape index (κ2) is 6.72. The summed E-state index contributed by atoms with van der Waals surface area (Å²) < 4.78 is 1.21. The van der Waals surface area contributed by atoms with E-state index in [9.17, 15) is 14.7 Å². The highest BCUT2D eigenvalue weighted by molar-refractivity contribution is 9.11. The van der Waals surface area contributed by atoms with Gasteiger partial charge in [0.1, 0.15) is 0 Å². The summed E-state index contributed by atoms with van der Waals surface area (Å²) in [6.07, 6.45) is 4.99. The Kier molecular flexibility index (Phi) is 5.21. The van der Waals surface area contributed by atoms with Crippen molar-refractivity contribution >= 4 is 49.4 Å². The van der Waals surface area contributed by atoms with E-state index in [0.717, 1.165) is 12.8 Å². The normalized spacial score (nSPS) is 15.3. The van der Waals surface area contributed by atoms with Gasteiger partial charge in [0.05, 0.1) is 11.3 Å². The zero-order valence-electron chi connectivity index (χ0n) is 10.8. The lowest BCUT2D eigenvalue weighted by atomic mass is 10.0. The van der Waals surface area contributed by atoms with E-state index >= 15 is 0 Å². The van der Waals surface area contributed by atoms with Gasteiger partial charge in [-0.15, -0.1) is 0 Å². The van der Waals surface area contributed by atoms with Gasteiger partial charge in [0, 0.05) is 15.4 Å². The SMILES string of the molecule is O=C(CC1CCCC1)Nc1c(Br)cc(Br)cc1C(=O)O. The molecule has 6 heteroatoms. The average Bonchev–Trinajstić information content (AvgIpc) is 2.84. The van der Waals surface area contributed by atoms with Gasteiger partial charge in [-0.1, -0.05) is 28.8 Å². The van der Waals surface area contributed by atoms with Gasteiger partial charge in [-0.3, -0.25) is 4.79 Å². The summed E-state index contributed by atoms with van der Waals surface area (Å²) in [5.41, 5.74) is 0.398. The lowest BCUT2D eigenvalue weighted by Gasteiger charge is -2.13. The van der Waals surface area contributed by atoms with Gasteiger partial charge >= 0.3 is 5.97 Å². The third kappa shape index (κ3) is 3.82. The fourth-order valence-corrected chi connectivity index (χ4v) is 3.86. The van der Waals surface area contributed by atoms with Crippen LogP contribution in [0.3, 0.4) is 0 Å². The minimum Gasteiger partial charge on any atom is -0.478 e. The first-order valence-electron chi connectivity index (χ1n) is 6.49. The molecule has 0 radical (unpaired) electrons. The molecular weight excluding hydrogens is 390 g/mol. The summed E-state index contributed by atoms with van der Waals surface area (Å²) in [4.78, 5) is 23.3. The molecule has 0 aliphatic heterocycles. The van der Waals surface area contributed by atoms with E-state index in [1.807, 2.05) is 0 Å². The van der Waals surface area contributed by atoms with Crippen LogP contribution >= 0.6 is 31.9 Å². The maximum atomic E-state index is 12.0. The van der Waals surface area contributed by atoms with Crippen molar-refractivity contribution in [2.24, 2.45) is 5.92 Å². The van der Waals surface area contributed by atoms with Crippen molar-refractivity contribution in [2.75, 3.05) is 5.32 Å². The molecule has 0 atom stereocenters. The van der Waals surface area contributed by atoms with Gasteiger partial charge in [0.2, 0.25) is 5.91 Å². The summed E-state index contributed by atoms with van der Waals surface area (Å²) >= 11 is 6.55. The molecule has 0 unspecified atom stereocenters. The predicted octanol–water partition coefficient (Wildman–Crippen LogP) is 4.43. The Morgan fingerprint density at radius 1 is 1.25 bits per heavy atom. The third-order valence-electron chi connectivity index (χ3n) is 3.50. The number of carboxylic acids is 1. The van der Waals surface area contributed by atoms with Crippen LogP contribution in [-0.4, -0.2) is 17.0 Å². The van der Waals surface area contributed by atoms with E-state index < -0.39 is 5.97 Å². The molecule has 1 amide bonds. The van der Waals surface area contributed by atoms with Crippen molar-refractivity contribution < 1.29 is 14.7 Å². The standard InChI is InChI=1S/C14H15Br2NO3/c15-9-6-10(14(19)20)13(11(16)7-9)17-12(18)5-8-3-1-2-4-8/h6-8H,1-5H2,(H,17,18)(H,19,20). The number of benzene rings is 1. The zero-order chi connectivity index (χ0) is 14.7. The first kappa shape index (κ1) is 15.5. The Balaban J connectivity index is 2.15. The van der Waals surface area contributed by atoms with Crippen molar-refractivity contribution in [2.45, 2.75) is 32.1 Å². The fraction of sp³-hybridized carbons (Fsp3) is 0.429. The van der Waals surface area contributed by atoms with Gasteiger partial charge in [0.15, 0.2) is 0 Å². The number of halogens is 2. The molecule has 1 saturated carbocycles. The van der Waals surface area contributed by atoms with Crippen LogP contribution in [-0.2, 0) is 4.79 Å². The molecule has 4 nitrogen and oxygen atoms in total. The Morgan fingerprint density at radius 3 is 2.50 bits per heavy atom. The van der Waals surface area contributed by atoms with Crippen molar-refractivity contribution in [3.8, 4) is 0 Å². The molecule has 0 bridgehead atoms. The van der Waals surface area contributed by atoms with E-state index in [0.29, 0.717) is 27.0 Å². The molecule has 1 aromatic rings. The summed E-state index contributed by atoms with van der Waals surface area (Å²) in [5, 5.41) is 11.9. The Bertz CT molecular complexity index is 539. The van der Waals surface area contributed by atoms with Crippen LogP contribution in [0.1, 0.15) is 42.5 Å². The topological polar surface area (TPSA) is 66.4 Å². The van der Waals surface area contributed by atoms with Crippen molar-refractivity contribution in [1.82, 2.24) is 0 Å². The van der Waals surface area contributed by atoms with Gasteiger partial charge in [-0.25, -0.2) is 4.79 Å². The van der Waals surface area contributed by atoms with E-state index in [2.05, 4.69) is 37.2 Å². The molecular formula is C14H15Br2NO3. The molecule has 1 aliphatic carbocycles. The second-order valence-electron chi connectivity index (χ2n) is 5.02. The number of carboxylic acid groups (broad SMARTS) is 1. The lowest BCUT2D eigenvalue weighted by molar-refractivity contribution is -0.117. The quantitative estimate of drug-likeness (QED) is 0.779. The molecule has 20 heavy (non-hydrogen) atoms. The lowest BCUT2D eigenvalue weighted by Crippen LogP contribution is -2.17. The highest BCUT2D eigenvalue weighted by atomic mass is 79.9. The van der Waals surface area contributed by atoms with E-state index in [4.69, 9.17) is 0 Å². The van der Waals surface area contributed by atoms with Crippen LogP contribution < -0.4 is 5.32 Å². The number of hydrogen-bond acceptors (Lipinski definition) is 2. The maximum Gasteiger partial charge on any atom is 0.337 e. The van der Waals surface area contributed by atoms with Crippen LogP contribution in [0, 0.1) is 5.92 Å². The molecule has 1 aliphatic rings. The molecule has 1 fully saturated rings. The Labute approximate surface area is 134 Å². The molecule has 2 N–H and O–H groups in total. The molecule has 0 spiro atoms. The van der Waals surface area contributed by atoms with Crippen LogP contribution in [0.2, 0.25) is 0 Å². The molecule has 0 saturated heterocycles. The van der Waals surface area contributed by atoms with Crippen LogP contribution in [0.15, 0.2) is 21.1 Å². The molecule has 2 rings (SSSR count). The number of carbonyl (C=O) groups is 2. The molecule has 0 aromatic heterocycles. The second-order valence-corrected chi connectivity index (χ2v) is 6.79. The summed E-state index contributed by atoms with van der Waals surface area (Å²) in [6, 6.07) is 3.20. The number of nitrogens with one attached hydrogen (secondary N) is 1. The highest BCUT2D eigenvalue weighted by Gasteiger charge is 2.21. The smallest absolute Gasteiger partial charge is 0.337 e. The number of carbonyl (C=O) groups excluding carboxylic acids is 1. The van der Waals surface area contributed by atoms with E-state index in [1.165, 1.54) is 18.9 Å². The number of hydrogen-bond donors (Lipinski definition) is 2. The van der Waals surface area contributed by atoms with E-state index in [-0.39, 0.29) is 11.5 Å². The number of rotatable bonds is 4. The average molecular weight is 405 g/mol. The summed E-state index contributed by atoms with van der Waals surface area (Å²) in [7, 11) is 0. The van der Waals surface area contributed by atoms with Gasteiger partial charge in [-0.2, -0.15) is 0 Å². The minimum atomic E-state index is -1.07. The zero-order valence-corrected chi connectivity index (χ0v) is 14.0. The first-order valence-corrected chi connectivity index (χ1v) is 8.08. The molecule has 108 valence electrons.